The van der Waals surface area contributed by atoms with E-state index in [0.29, 0.717) is 23.1 Å². The average molecular weight is 382 g/mol. The van der Waals surface area contributed by atoms with Gasteiger partial charge in [-0.1, -0.05) is 29.8 Å². The van der Waals surface area contributed by atoms with Gasteiger partial charge in [0, 0.05) is 28.7 Å². The summed E-state index contributed by atoms with van der Waals surface area (Å²) in [5, 5.41) is 12.7. The average Bonchev–Trinajstić information content (AvgIpc) is 3.11. The fourth-order valence-electron chi connectivity index (χ4n) is 3.03. The molecule has 1 unspecified atom stereocenters. The van der Waals surface area contributed by atoms with Gasteiger partial charge in [0.05, 0.1) is 6.61 Å². The van der Waals surface area contributed by atoms with E-state index in [2.05, 4.69) is 15.2 Å². The number of halogens is 1. The summed E-state index contributed by atoms with van der Waals surface area (Å²) in [6.07, 6.45) is 5.63. The normalized spacial score (nSPS) is 18.0. The number of anilines is 2. The fraction of sp³-hybridized carbons (Fsp3) is 0.100. The summed E-state index contributed by atoms with van der Waals surface area (Å²) in [6.45, 7) is 0.612. The lowest BCUT2D eigenvalue weighted by molar-refractivity contribution is -0.742. The van der Waals surface area contributed by atoms with Crippen molar-refractivity contribution in [2.24, 2.45) is 4.99 Å². The van der Waals surface area contributed by atoms with E-state index in [1.165, 1.54) is 0 Å². The lowest BCUT2D eigenvalue weighted by Gasteiger charge is -2.26. The molecular formula is C20H18ClN4O2+. The Morgan fingerprint density at radius 3 is 2.93 bits per heavy atom. The lowest BCUT2D eigenvalue weighted by atomic mass is 10.2. The van der Waals surface area contributed by atoms with Gasteiger partial charge < -0.3 is 10.4 Å². The highest BCUT2D eigenvalue weighted by Gasteiger charge is 2.30. The Labute approximate surface area is 161 Å². The Hall–Kier alpha value is -2.93. The molecule has 136 valence electrons. The zero-order valence-corrected chi connectivity index (χ0v) is 15.1. The van der Waals surface area contributed by atoms with Crippen LogP contribution in [0.1, 0.15) is 5.56 Å². The maximum atomic E-state index is 12.5. The topological polar surface area (TPSA) is 69.4 Å². The Morgan fingerprint density at radius 2 is 2.11 bits per heavy atom. The Bertz CT molecular complexity index is 983. The van der Waals surface area contributed by atoms with Crippen LogP contribution >= 0.6 is 11.6 Å². The van der Waals surface area contributed by atoms with Crippen LogP contribution in [0.2, 0.25) is 5.02 Å². The Balaban J connectivity index is 1.49. The first-order valence-corrected chi connectivity index (χ1v) is 8.88. The molecule has 6 nitrogen and oxygen atoms in total. The molecule has 2 aromatic rings. The first-order valence-electron chi connectivity index (χ1n) is 8.50. The predicted octanol–water partition coefficient (Wildman–Crippen LogP) is 1.90. The SMILES string of the molecule is O=C(Nc1cccc(Cl)c1)C1=C[NH+]2CN(c3cccc(CO)c3)C=CC2=N1. The van der Waals surface area contributed by atoms with Crippen LogP contribution in [0, 0.1) is 0 Å². The molecule has 1 atom stereocenters. The molecule has 1 amide bonds. The number of aliphatic hydroxyl groups is 1. The summed E-state index contributed by atoms with van der Waals surface area (Å²) >= 11 is 5.96. The van der Waals surface area contributed by atoms with Gasteiger partial charge in [-0.25, -0.2) is 4.90 Å². The molecule has 2 aromatic carbocycles. The minimum absolute atomic E-state index is 0.00238. The zero-order chi connectivity index (χ0) is 18.8. The zero-order valence-electron chi connectivity index (χ0n) is 14.4. The minimum Gasteiger partial charge on any atom is -0.392 e. The molecule has 2 aliphatic rings. The van der Waals surface area contributed by atoms with E-state index < -0.39 is 0 Å². The van der Waals surface area contributed by atoms with Crippen molar-refractivity contribution in [1.29, 1.82) is 0 Å². The van der Waals surface area contributed by atoms with E-state index in [-0.39, 0.29) is 12.5 Å². The smallest absolute Gasteiger partial charge is 0.280 e. The molecule has 2 aliphatic heterocycles. The van der Waals surface area contributed by atoms with Crippen LogP contribution in [0.5, 0.6) is 0 Å². The van der Waals surface area contributed by atoms with Crippen molar-refractivity contribution in [3.05, 3.63) is 83.3 Å². The van der Waals surface area contributed by atoms with Gasteiger partial charge >= 0.3 is 0 Å². The highest BCUT2D eigenvalue weighted by molar-refractivity contribution is 6.31. The number of amides is 1. The summed E-state index contributed by atoms with van der Waals surface area (Å²) in [5.74, 6) is 0.523. The van der Waals surface area contributed by atoms with Crippen LogP contribution in [-0.2, 0) is 11.4 Å². The second-order valence-electron chi connectivity index (χ2n) is 6.29. The highest BCUT2D eigenvalue weighted by atomic mass is 35.5. The van der Waals surface area contributed by atoms with Crippen LogP contribution in [0.25, 0.3) is 0 Å². The maximum Gasteiger partial charge on any atom is 0.280 e. The Kier molecular flexibility index (Phi) is 4.77. The van der Waals surface area contributed by atoms with Crippen molar-refractivity contribution in [2.75, 3.05) is 16.9 Å². The number of hydrogen-bond acceptors (Lipinski definition) is 4. The second-order valence-corrected chi connectivity index (χ2v) is 6.72. The number of aliphatic imine (C=N–C) groups is 1. The van der Waals surface area contributed by atoms with Crippen LogP contribution in [0.4, 0.5) is 11.4 Å². The first-order chi connectivity index (χ1) is 13.1. The number of carbonyl (C=O) groups excluding carboxylic acids is 1. The molecule has 7 heteroatoms. The van der Waals surface area contributed by atoms with Crippen LogP contribution in [0.15, 0.2) is 77.7 Å². The van der Waals surface area contributed by atoms with E-state index in [9.17, 15) is 9.90 Å². The number of quaternary nitrogens is 1. The van der Waals surface area contributed by atoms with Crippen molar-refractivity contribution < 1.29 is 14.8 Å². The molecule has 2 heterocycles. The largest absolute Gasteiger partial charge is 0.392 e. The maximum absolute atomic E-state index is 12.5. The van der Waals surface area contributed by atoms with E-state index >= 15 is 0 Å². The molecule has 0 saturated carbocycles. The van der Waals surface area contributed by atoms with Crippen molar-refractivity contribution in [2.45, 2.75) is 6.61 Å². The number of hydrogen-bond donors (Lipinski definition) is 3. The van der Waals surface area contributed by atoms with Gasteiger partial charge in [0.2, 0.25) is 5.84 Å². The summed E-state index contributed by atoms with van der Waals surface area (Å²) < 4.78 is 0. The van der Waals surface area contributed by atoms with Crippen molar-refractivity contribution in [1.82, 2.24) is 0 Å². The Morgan fingerprint density at radius 1 is 1.26 bits per heavy atom. The third kappa shape index (κ3) is 3.78. The number of carbonyl (C=O) groups is 1. The van der Waals surface area contributed by atoms with E-state index in [1.54, 1.807) is 24.3 Å². The van der Waals surface area contributed by atoms with Gasteiger partial charge in [-0.2, -0.15) is 4.99 Å². The van der Waals surface area contributed by atoms with Crippen LogP contribution < -0.4 is 15.1 Å². The highest BCUT2D eigenvalue weighted by Crippen LogP contribution is 2.19. The van der Waals surface area contributed by atoms with Crippen molar-refractivity contribution in [3.63, 3.8) is 0 Å². The van der Waals surface area contributed by atoms with E-state index in [1.807, 2.05) is 42.7 Å². The summed E-state index contributed by atoms with van der Waals surface area (Å²) in [7, 11) is 0. The molecule has 0 saturated heterocycles. The molecule has 0 bridgehead atoms. The molecule has 4 rings (SSSR count). The predicted molar refractivity (Wildman–Crippen MR) is 105 cm³/mol. The summed E-state index contributed by atoms with van der Waals surface area (Å²) in [5.41, 5.74) is 2.84. The molecule has 0 fully saturated rings. The van der Waals surface area contributed by atoms with E-state index in [4.69, 9.17) is 11.6 Å². The number of aliphatic hydroxyl groups excluding tert-OH is 1. The molecule has 0 spiro atoms. The number of nitrogens with zero attached hydrogens (tertiary/aromatic N) is 2. The third-order valence-electron chi connectivity index (χ3n) is 4.37. The fourth-order valence-corrected chi connectivity index (χ4v) is 3.22. The van der Waals surface area contributed by atoms with Gasteiger partial charge in [-0.3, -0.25) is 9.69 Å². The van der Waals surface area contributed by atoms with Gasteiger partial charge in [0.1, 0.15) is 6.20 Å². The van der Waals surface area contributed by atoms with E-state index in [0.717, 1.165) is 22.0 Å². The first kappa shape index (κ1) is 17.5. The van der Waals surface area contributed by atoms with Crippen molar-refractivity contribution in [3.8, 4) is 0 Å². The standard InChI is InChI=1S/C20H17ClN4O2/c21-15-4-2-5-16(10-15)22-20(27)18-11-25-13-24(8-7-19(25)23-18)17-6-1-3-14(9-17)12-26/h1-11,26H,12-13H2,(H,22,27)/p+1. The molecule has 0 radical (unpaired) electrons. The molecule has 0 aromatic heterocycles. The molecule has 0 aliphatic carbocycles. The number of nitrogens with one attached hydrogen (secondary N) is 2. The quantitative estimate of drug-likeness (QED) is 0.757. The number of rotatable bonds is 4. The second kappa shape index (κ2) is 7.36. The lowest BCUT2D eigenvalue weighted by Crippen LogP contribution is -3.11. The number of fused-ring (bicyclic) bond motifs is 1. The van der Waals surface area contributed by atoms with Gasteiger partial charge in [0.15, 0.2) is 12.4 Å². The van der Waals surface area contributed by atoms with Crippen molar-refractivity contribution >= 4 is 34.7 Å². The van der Waals surface area contributed by atoms with Gasteiger partial charge in [-0.05, 0) is 35.9 Å². The third-order valence-corrected chi connectivity index (χ3v) is 4.61. The van der Waals surface area contributed by atoms with Crippen LogP contribution in [0.3, 0.4) is 0 Å². The summed E-state index contributed by atoms with van der Waals surface area (Å²) in [6, 6.07) is 14.7. The molecule has 27 heavy (non-hydrogen) atoms. The van der Waals surface area contributed by atoms with Gasteiger partial charge in [-0.15, -0.1) is 0 Å². The summed E-state index contributed by atoms with van der Waals surface area (Å²) in [4.78, 5) is 20.0. The van der Waals surface area contributed by atoms with Crippen LogP contribution in [-0.4, -0.2) is 23.5 Å². The minimum atomic E-state index is -0.270. The molecule has 3 N–H and O–H groups in total. The monoisotopic (exact) mass is 381 g/mol. The number of amidine groups is 1. The molecular weight excluding hydrogens is 364 g/mol. The van der Waals surface area contributed by atoms with Gasteiger partial charge in [0.25, 0.3) is 5.91 Å². The number of benzene rings is 2.